The molecule has 0 aliphatic carbocycles. The van der Waals surface area contributed by atoms with Crippen molar-refractivity contribution in [3.05, 3.63) is 23.8 Å². The minimum Gasteiger partial charge on any atom is -0.456 e. The van der Waals surface area contributed by atoms with Crippen molar-refractivity contribution >= 4 is 17.5 Å². The molecule has 3 rings (SSSR count). The Kier molecular flexibility index (Phi) is 5.14. The minimum atomic E-state index is -1.58. The van der Waals surface area contributed by atoms with Gasteiger partial charge in [0.05, 0.1) is 17.8 Å². The van der Waals surface area contributed by atoms with Crippen LogP contribution in [0.5, 0.6) is 0 Å². The van der Waals surface area contributed by atoms with Crippen molar-refractivity contribution in [1.82, 2.24) is 0 Å². The molecule has 3 aliphatic heterocycles. The zero-order chi connectivity index (χ0) is 20.0. The number of carbonyl (C=O) groups excluding carboxylic acids is 3. The van der Waals surface area contributed by atoms with E-state index >= 15 is 0 Å². The summed E-state index contributed by atoms with van der Waals surface area (Å²) in [6, 6.07) is 0. The Morgan fingerprint density at radius 1 is 1.33 bits per heavy atom. The third-order valence-electron chi connectivity index (χ3n) is 5.81. The van der Waals surface area contributed by atoms with Crippen LogP contribution in [-0.2, 0) is 23.9 Å². The van der Waals surface area contributed by atoms with E-state index in [-0.39, 0.29) is 48.7 Å². The van der Waals surface area contributed by atoms with Crippen molar-refractivity contribution in [2.24, 2.45) is 5.92 Å². The summed E-state index contributed by atoms with van der Waals surface area (Å²) in [5, 5.41) is 20.4. The molecule has 0 radical (unpaired) electrons. The molecule has 0 unspecified atom stereocenters. The first kappa shape index (κ1) is 19.9. The summed E-state index contributed by atoms with van der Waals surface area (Å²) in [5.41, 5.74) is -1.69. The normalized spacial score (nSPS) is 41.9. The third kappa shape index (κ3) is 3.63. The van der Waals surface area contributed by atoms with E-state index in [2.05, 4.69) is 6.58 Å². The molecule has 5 atom stereocenters. The van der Waals surface area contributed by atoms with Gasteiger partial charge in [-0.25, -0.2) is 4.79 Å². The first-order valence-corrected chi connectivity index (χ1v) is 9.20. The average molecular weight is 378 g/mol. The molecule has 0 saturated carbocycles. The van der Waals surface area contributed by atoms with Crippen molar-refractivity contribution < 1.29 is 34.1 Å². The third-order valence-corrected chi connectivity index (χ3v) is 5.81. The highest BCUT2D eigenvalue weighted by molar-refractivity contribution is 5.96. The highest BCUT2D eigenvalue weighted by Crippen LogP contribution is 2.43. The lowest BCUT2D eigenvalue weighted by Gasteiger charge is -2.32. The maximum Gasteiger partial charge on any atom is 0.336 e. The molecular weight excluding hydrogens is 352 g/mol. The van der Waals surface area contributed by atoms with Crippen LogP contribution in [0, 0.1) is 5.92 Å². The lowest BCUT2D eigenvalue weighted by Crippen LogP contribution is -2.44. The number of fused-ring (bicyclic) bond motifs is 4. The average Bonchev–Trinajstić information content (AvgIpc) is 2.97. The molecule has 2 fully saturated rings. The maximum absolute atomic E-state index is 12.7. The summed E-state index contributed by atoms with van der Waals surface area (Å²) in [7, 11) is 0. The molecule has 3 aliphatic rings. The van der Waals surface area contributed by atoms with Crippen LogP contribution < -0.4 is 0 Å². The van der Waals surface area contributed by atoms with Gasteiger partial charge in [-0.05, 0) is 26.2 Å². The Morgan fingerprint density at radius 3 is 2.67 bits per heavy atom. The number of Topliss-reactive ketones (excluding diaryl/α,β-unsaturated/α-hetero) is 2. The topological polar surface area (TPSA) is 110 Å². The summed E-state index contributed by atoms with van der Waals surface area (Å²) >= 11 is 0. The Hall–Kier alpha value is -1.83. The van der Waals surface area contributed by atoms with Gasteiger partial charge in [0.15, 0.2) is 11.4 Å². The second-order valence-corrected chi connectivity index (χ2v) is 8.26. The Bertz CT molecular complexity index is 724. The lowest BCUT2D eigenvalue weighted by atomic mass is 9.84. The van der Waals surface area contributed by atoms with Gasteiger partial charge in [-0.2, -0.15) is 0 Å². The molecule has 0 spiro atoms. The fourth-order valence-corrected chi connectivity index (χ4v) is 4.26. The standard InChI is InChI=1S/C20H26O7/c1-11(2)12-4-5-14-17(24)15(26-18(14)25)8-19(3)9-16(23)20(10-21,27-19)7-13(22)6-12/h5,12,15,17,21,24H,1,4,6-10H2,2-3H3/b14-5+/t12-,15+,17-,19-,20-/m1/s1. The van der Waals surface area contributed by atoms with E-state index in [1.807, 2.05) is 0 Å². The van der Waals surface area contributed by atoms with Crippen molar-refractivity contribution in [3.63, 3.8) is 0 Å². The highest BCUT2D eigenvalue weighted by Gasteiger charge is 2.56. The molecule has 7 nitrogen and oxygen atoms in total. The van der Waals surface area contributed by atoms with Gasteiger partial charge in [0, 0.05) is 25.7 Å². The number of ketones is 2. The van der Waals surface area contributed by atoms with Gasteiger partial charge >= 0.3 is 5.97 Å². The van der Waals surface area contributed by atoms with Gasteiger partial charge in [0.1, 0.15) is 18.0 Å². The summed E-state index contributed by atoms with van der Waals surface area (Å²) in [4.78, 5) is 37.5. The fraction of sp³-hybridized carbons (Fsp3) is 0.650. The van der Waals surface area contributed by atoms with Crippen molar-refractivity contribution in [2.45, 2.75) is 69.4 Å². The number of carbonyl (C=O) groups is 3. The Labute approximate surface area is 158 Å². The first-order valence-electron chi connectivity index (χ1n) is 9.20. The van der Waals surface area contributed by atoms with Gasteiger partial charge in [-0.1, -0.05) is 18.2 Å². The zero-order valence-electron chi connectivity index (χ0n) is 15.7. The van der Waals surface area contributed by atoms with Crippen LogP contribution in [0.4, 0.5) is 0 Å². The minimum absolute atomic E-state index is 0.0232. The van der Waals surface area contributed by atoms with Crippen LogP contribution in [0.15, 0.2) is 23.8 Å². The lowest BCUT2D eigenvalue weighted by molar-refractivity contribution is -0.162. The molecule has 2 saturated heterocycles. The van der Waals surface area contributed by atoms with E-state index < -0.39 is 36.0 Å². The molecule has 148 valence electrons. The molecule has 27 heavy (non-hydrogen) atoms. The van der Waals surface area contributed by atoms with Crippen LogP contribution in [-0.4, -0.2) is 57.8 Å². The van der Waals surface area contributed by atoms with E-state index in [0.717, 1.165) is 5.57 Å². The molecule has 2 N–H and O–H groups in total. The summed E-state index contributed by atoms with van der Waals surface area (Å²) in [5.74, 6) is -1.40. The summed E-state index contributed by atoms with van der Waals surface area (Å²) < 4.78 is 11.3. The smallest absolute Gasteiger partial charge is 0.336 e. The zero-order valence-corrected chi connectivity index (χ0v) is 15.7. The number of allylic oxidation sites excluding steroid dienone is 2. The molecule has 0 aromatic carbocycles. The number of esters is 1. The number of ether oxygens (including phenoxy) is 2. The van der Waals surface area contributed by atoms with Crippen molar-refractivity contribution in [2.75, 3.05) is 6.61 Å². The molecule has 3 heterocycles. The van der Waals surface area contributed by atoms with E-state index in [9.17, 15) is 24.6 Å². The monoisotopic (exact) mass is 378 g/mol. The predicted molar refractivity (Wildman–Crippen MR) is 94.7 cm³/mol. The fourth-order valence-electron chi connectivity index (χ4n) is 4.26. The second kappa shape index (κ2) is 6.96. The molecule has 0 amide bonds. The molecular formula is C20H26O7. The van der Waals surface area contributed by atoms with Gasteiger partial charge in [-0.15, -0.1) is 0 Å². The van der Waals surface area contributed by atoms with Crippen LogP contribution in [0.1, 0.15) is 46.0 Å². The molecule has 0 aromatic heterocycles. The SMILES string of the molecule is C=C(C)[C@@H]1C/C=C2/C(=O)O[C@@H](C[C@]3(C)CC(=O)[C@](CO)(CC(=O)C1)O3)[C@@H]2O. The van der Waals surface area contributed by atoms with E-state index in [0.29, 0.717) is 6.42 Å². The number of aliphatic hydroxyl groups is 2. The summed E-state index contributed by atoms with van der Waals surface area (Å²) in [6.45, 7) is 6.77. The number of rotatable bonds is 2. The van der Waals surface area contributed by atoms with Crippen LogP contribution in [0.2, 0.25) is 0 Å². The molecule has 4 bridgehead atoms. The van der Waals surface area contributed by atoms with Crippen LogP contribution in [0.25, 0.3) is 0 Å². The highest BCUT2D eigenvalue weighted by atomic mass is 16.6. The number of hydrogen-bond acceptors (Lipinski definition) is 7. The van der Waals surface area contributed by atoms with E-state index in [1.165, 1.54) is 0 Å². The largest absolute Gasteiger partial charge is 0.456 e. The van der Waals surface area contributed by atoms with E-state index in [1.54, 1.807) is 19.9 Å². The van der Waals surface area contributed by atoms with Crippen LogP contribution in [0.3, 0.4) is 0 Å². The molecule has 7 heteroatoms. The van der Waals surface area contributed by atoms with Crippen molar-refractivity contribution in [1.29, 1.82) is 0 Å². The van der Waals surface area contributed by atoms with Gasteiger partial charge in [0.2, 0.25) is 0 Å². The summed E-state index contributed by atoms with van der Waals surface area (Å²) in [6.07, 6.45) is -0.00359. The Morgan fingerprint density at radius 2 is 2.04 bits per heavy atom. The number of aliphatic hydroxyl groups excluding tert-OH is 2. The maximum atomic E-state index is 12.7. The number of hydrogen-bond donors (Lipinski definition) is 2. The van der Waals surface area contributed by atoms with Gasteiger partial charge < -0.3 is 19.7 Å². The van der Waals surface area contributed by atoms with Crippen molar-refractivity contribution in [3.8, 4) is 0 Å². The first-order chi connectivity index (χ1) is 12.6. The van der Waals surface area contributed by atoms with Gasteiger partial charge in [-0.3, -0.25) is 9.59 Å². The Balaban J connectivity index is 2.01. The quantitative estimate of drug-likeness (QED) is 0.545. The van der Waals surface area contributed by atoms with E-state index in [4.69, 9.17) is 9.47 Å². The second-order valence-electron chi connectivity index (χ2n) is 8.26. The molecule has 0 aromatic rings. The van der Waals surface area contributed by atoms with Crippen LogP contribution >= 0.6 is 0 Å². The predicted octanol–water partition coefficient (Wildman–Crippen LogP) is 1.01. The van der Waals surface area contributed by atoms with Gasteiger partial charge in [0.25, 0.3) is 0 Å².